The van der Waals surface area contributed by atoms with Crippen molar-refractivity contribution in [2.75, 3.05) is 0 Å². The highest BCUT2D eigenvalue weighted by atomic mass is 17.0. The molecule has 8 heteroatoms. The Morgan fingerprint density at radius 1 is 0.556 bits per heavy atom. The molecular formula is CH6O8. The first kappa shape index (κ1) is 47.1. The Morgan fingerprint density at radius 3 is 0.556 bits per heavy atom. The fourth-order valence-electron chi connectivity index (χ4n) is 0. The van der Waals surface area contributed by atoms with Crippen LogP contribution >= 0.6 is 0 Å². The van der Waals surface area contributed by atoms with E-state index in [1.54, 1.807) is 0 Å². The van der Waals surface area contributed by atoms with Gasteiger partial charge in [0, 0.05) is 29.8 Å². The molecule has 0 aliphatic heterocycles. The van der Waals surface area contributed by atoms with Crippen LogP contribution in [0.1, 0.15) is 7.43 Å². The van der Waals surface area contributed by atoms with Crippen LogP contribution in [0.2, 0.25) is 0 Å². The van der Waals surface area contributed by atoms with Gasteiger partial charge in [-0.3, -0.25) is 10.5 Å². The lowest BCUT2D eigenvalue weighted by Crippen LogP contribution is -1.29. The lowest BCUT2D eigenvalue weighted by Gasteiger charge is -1.25. The van der Waals surface area contributed by atoms with Gasteiger partial charge in [-0.2, -0.15) is 0 Å². The average Bonchev–Trinajstić information content (AvgIpc) is 2.03. The molecule has 8 nitrogen and oxygen atoms in total. The Morgan fingerprint density at radius 2 is 0.556 bits per heavy atom. The van der Waals surface area contributed by atoms with Crippen LogP contribution in [0, 0.1) is 29.8 Å². The van der Waals surface area contributed by atoms with E-state index < -0.39 is 0 Å². The van der Waals surface area contributed by atoms with Gasteiger partial charge < -0.3 is 0 Å². The maximum absolute atomic E-state index is 7.00. The summed E-state index contributed by atoms with van der Waals surface area (Å²) < 4.78 is 0. The second kappa shape index (κ2) is 134. The monoisotopic (exact) mass is 146 g/mol. The van der Waals surface area contributed by atoms with Crippen LogP contribution in [0.15, 0.2) is 0 Å². The van der Waals surface area contributed by atoms with Crippen molar-refractivity contribution in [2.24, 2.45) is 0 Å². The third kappa shape index (κ3) is 91.4. The first-order valence-electron chi connectivity index (χ1n) is 0.700. The van der Waals surface area contributed by atoms with Gasteiger partial charge in [0.15, 0.2) is 0 Å². The summed E-state index contributed by atoms with van der Waals surface area (Å²) in [5, 5.41) is 12.0. The van der Waals surface area contributed by atoms with Crippen molar-refractivity contribution in [3.8, 4) is 0 Å². The van der Waals surface area contributed by atoms with Gasteiger partial charge in [0.2, 0.25) is 0 Å². The number of rotatable bonds is 0. The smallest absolute Gasteiger partial charge is 0 e. The first-order chi connectivity index (χ1) is 4.00. The molecule has 0 aliphatic carbocycles. The van der Waals surface area contributed by atoms with Crippen LogP contribution in [0.25, 0.3) is 0 Å². The standard InChI is InChI=1S/CH4.H2O2.3O2/c;4*1-2/h1H4;1-2H;;;. The molecule has 0 aromatic rings. The Kier molecular flexibility index (Phi) is 703. The molecule has 58 valence electrons. The summed E-state index contributed by atoms with van der Waals surface area (Å²) in [5.74, 6) is 0. The van der Waals surface area contributed by atoms with Crippen LogP contribution in [0.5, 0.6) is 0 Å². The topological polar surface area (TPSA) is 143 Å². The molecule has 0 spiro atoms. The molecule has 9 heavy (non-hydrogen) atoms. The number of hydrogen-bond acceptors (Lipinski definition) is 8. The Bertz CT molecular complexity index is 9.28. The summed E-state index contributed by atoms with van der Waals surface area (Å²) in [6.07, 6.45) is 0. The molecule has 0 aromatic carbocycles. The predicted molar refractivity (Wildman–Crippen MR) is 32.2 cm³/mol. The fraction of sp³-hybridized carbons (Fsp3) is 1.00. The van der Waals surface area contributed by atoms with Gasteiger partial charge in [-0.25, -0.2) is 0 Å². The van der Waals surface area contributed by atoms with Gasteiger partial charge >= 0.3 is 0 Å². The summed E-state index contributed by atoms with van der Waals surface area (Å²) in [4.78, 5) is 42.0. The van der Waals surface area contributed by atoms with Crippen LogP contribution in [0.4, 0.5) is 0 Å². The quantitative estimate of drug-likeness (QED) is 0.378. The second-order valence-corrected chi connectivity index (χ2v) is 0. The summed E-state index contributed by atoms with van der Waals surface area (Å²) in [6.45, 7) is 0. The van der Waals surface area contributed by atoms with E-state index in [0.29, 0.717) is 0 Å². The fourth-order valence-corrected chi connectivity index (χ4v) is 0. The summed E-state index contributed by atoms with van der Waals surface area (Å²) >= 11 is 0. The van der Waals surface area contributed by atoms with Crippen molar-refractivity contribution in [1.82, 2.24) is 0 Å². The van der Waals surface area contributed by atoms with Gasteiger partial charge in [0.25, 0.3) is 0 Å². The zero-order valence-electron chi connectivity index (χ0n) is 3.34. The lowest BCUT2D eigenvalue weighted by atomic mass is 12.0. The summed E-state index contributed by atoms with van der Waals surface area (Å²) in [5.41, 5.74) is 0. The maximum atomic E-state index is 7.00. The van der Waals surface area contributed by atoms with Crippen molar-refractivity contribution < 1.29 is 10.5 Å². The third-order valence-electron chi connectivity index (χ3n) is 0. The minimum Gasteiger partial charge on any atom is -0.255 e. The third-order valence-corrected chi connectivity index (χ3v) is 0. The number of hydrogen-bond donors (Lipinski definition) is 2. The zero-order chi connectivity index (χ0) is 8.00. The Balaban J connectivity index is -0.00000000762. The molecule has 0 aliphatic rings. The van der Waals surface area contributed by atoms with Crippen LogP contribution in [-0.2, 0) is 0 Å². The second-order valence-electron chi connectivity index (χ2n) is 0. The highest BCUT2D eigenvalue weighted by Crippen LogP contribution is 0.745. The van der Waals surface area contributed by atoms with E-state index in [9.17, 15) is 0 Å². The molecule has 0 unspecified atom stereocenters. The van der Waals surface area contributed by atoms with E-state index in [4.69, 9.17) is 40.3 Å². The molecule has 2 N–H and O–H groups in total. The summed E-state index contributed by atoms with van der Waals surface area (Å²) in [7, 11) is 0. The molecule has 0 radical (unpaired) electrons. The van der Waals surface area contributed by atoms with E-state index in [1.165, 1.54) is 0 Å². The Labute approximate surface area is 49.1 Å². The van der Waals surface area contributed by atoms with Crippen molar-refractivity contribution in [1.29, 1.82) is 0 Å². The molecule has 0 aromatic heterocycles. The zero-order valence-corrected chi connectivity index (χ0v) is 3.34. The highest BCUT2D eigenvalue weighted by molar-refractivity contribution is 4.08. The minimum absolute atomic E-state index is 0. The van der Waals surface area contributed by atoms with E-state index in [-0.39, 0.29) is 7.43 Å². The molecule has 0 bridgehead atoms. The Hall–Kier alpha value is -1.28. The molecule has 0 atom stereocenters. The lowest BCUT2D eigenvalue weighted by molar-refractivity contribution is -0.176. The van der Waals surface area contributed by atoms with Crippen molar-refractivity contribution in [3.05, 3.63) is 29.8 Å². The molecule has 0 saturated carbocycles. The maximum Gasteiger partial charge on any atom is 0 e. The average molecular weight is 146 g/mol. The predicted octanol–water partition coefficient (Wildman–Crippen LogP) is 0.855. The van der Waals surface area contributed by atoms with Gasteiger partial charge in [-0.15, -0.1) is 0 Å². The highest BCUT2D eigenvalue weighted by Gasteiger charge is 0.746. The first-order valence-corrected chi connectivity index (χ1v) is 0.700. The minimum atomic E-state index is 0. The van der Waals surface area contributed by atoms with Crippen molar-refractivity contribution in [3.63, 3.8) is 0 Å². The van der Waals surface area contributed by atoms with Gasteiger partial charge in [0.05, 0.1) is 0 Å². The van der Waals surface area contributed by atoms with E-state index in [2.05, 4.69) is 0 Å². The summed E-state index contributed by atoms with van der Waals surface area (Å²) in [6, 6.07) is 0. The normalized spacial score (nSPS) is 2.00. The van der Waals surface area contributed by atoms with E-state index in [1.807, 2.05) is 0 Å². The van der Waals surface area contributed by atoms with Crippen molar-refractivity contribution >= 4 is 0 Å². The van der Waals surface area contributed by atoms with Crippen molar-refractivity contribution in [2.45, 2.75) is 7.43 Å². The largest absolute Gasteiger partial charge is 0.255 e. The van der Waals surface area contributed by atoms with Crippen LogP contribution in [-0.4, -0.2) is 10.5 Å². The van der Waals surface area contributed by atoms with E-state index >= 15 is 0 Å². The molecule has 0 amide bonds. The SMILES string of the molecule is C.O=O.O=O.O=O.OO. The van der Waals surface area contributed by atoms with Gasteiger partial charge in [0.1, 0.15) is 0 Å². The van der Waals surface area contributed by atoms with E-state index in [0.717, 1.165) is 0 Å². The molecule has 0 heterocycles. The van der Waals surface area contributed by atoms with Gasteiger partial charge in [-0.1, -0.05) is 7.43 Å². The molecule has 0 fully saturated rings. The van der Waals surface area contributed by atoms with Crippen LogP contribution in [0.3, 0.4) is 0 Å². The van der Waals surface area contributed by atoms with Gasteiger partial charge in [-0.05, 0) is 0 Å². The molecular weight excluding hydrogens is 140 g/mol. The molecule has 0 saturated heterocycles. The molecule has 0 rings (SSSR count). The van der Waals surface area contributed by atoms with Crippen LogP contribution < -0.4 is 0 Å².